The lowest BCUT2D eigenvalue weighted by atomic mass is 10.2. The number of methoxy groups -OCH3 is 1. The highest BCUT2D eigenvalue weighted by atomic mass is 16.5. The van der Waals surface area contributed by atoms with Gasteiger partial charge in [0.25, 0.3) is 5.91 Å². The molecule has 1 aromatic rings. The van der Waals surface area contributed by atoms with E-state index in [0.717, 1.165) is 19.3 Å². The molecule has 6 heteroatoms. The van der Waals surface area contributed by atoms with Crippen LogP contribution in [0.25, 0.3) is 0 Å². The molecule has 2 N–H and O–H groups in total. The SMILES string of the molecule is CCCCCOc1ccc(C(=O)NC(COC)C(=O)O)cc1. The molecule has 0 saturated carbocycles. The van der Waals surface area contributed by atoms with Crippen molar-refractivity contribution in [3.05, 3.63) is 29.8 Å². The Hall–Kier alpha value is -2.08. The summed E-state index contributed by atoms with van der Waals surface area (Å²) in [6.45, 7) is 2.69. The van der Waals surface area contributed by atoms with E-state index in [0.29, 0.717) is 17.9 Å². The van der Waals surface area contributed by atoms with Gasteiger partial charge in [-0.3, -0.25) is 4.79 Å². The minimum Gasteiger partial charge on any atom is -0.494 e. The summed E-state index contributed by atoms with van der Waals surface area (Å²) in [7, 11) is 1.38. The molecule has 1 unspecified atom stereocenters. The van der Waals surface area contributed by atoms with Gasteiger partial charge in [0.2, 0.25) is 0 Å². The number of carboxylic acids is 1. The van der Waals surface area contributed by atoms with Crippen LogP contribution in [0.2, 0.25) is 0 Å². The van der Waals surface area contributed by atoms with Crippen molar-refractivity contribution in [2.24, 2.45) is 0 Å². The summed E-state index contributed by atoms with van der Waals surface area (Å²) in [5, 5.41) is 11.4. The average molecular weight is 309 g/mol. The second-order valence-electron chi connectivity index (χ2n) is 4.90. The monoisotopic (exact) mass is 309 g/mol. The average Bonchev–Trinajstić information content (AvgIpc) is 2.51. The molecular formula is C16H23NO5. The zero-order chi connectivity index (χ0) is 16.4. The highest BCUT2D eigenvalue weighted by Gasteiger charge is 2.20. The van der Waals surface area contributed by atoms with Crippen LogP contribution in [-0.2, 0) is 9.53 Å². The molecular weight excluding hydrogens is 286 g/mol. The number of unbranched alkanes of at least 4 members (excludes halogenated alkanes) is 2. The van der Waals surface area contributed by atoms with Crippen molar-refractivity contribution in [1.82, 2.24) is 5.32 Å². The van der Waals surface area contributed by atoms with Crippen LogP contribution in [0.5, 0.6) is 5.75 Å². The van der Waals surface area contributed by atoms with Crippen molar-refractivity contribution in [1.29, 1.82) is 0 Å². The summed E-state index contributed by atoms with van der Waals surface area (Å²) in [6.07, 6.45) is 3.25. The van der Waals surface area contributed by atoms with E-state index in [1.165, 1.54) is 7.11 Å². The first kappa shape index (κ1) is 18.0. The van der Waals surface area contributed by atoms with Crippen molar-refractivity contribution in [3.63, 3.8) is 0 Å². The van der Waals surface area contributed by atoms with Crippen LogP contribution in [0.4, 0.5) is 0 Å². The summed E-state index contributed by atoms with van der Waals surface area (Å²) in [5.74, 6) is -0.896. The molecule has 0 spiro atoms. The number of carboxylic acid groups (broad SMARTS) is 1. The first-order chi connectivity index (χ1) is 10.6. The van der Waals surface area contributed by atoms with Crippen molar-refractivity contribution < 1.29 is 24.2 Å². The van der Waals surface area contributed by atoms with E-state index in [1.54, 1.807) is 24.3 Å². The number of hydrogen-bond donors (Lipinski definition) is 2. The molecule has 0 aliphatic rings. The third kappa shape index (κ3) is 6.13. The maximum Gasteiger partial charge on any atom is 0.328 e. The molecule has 1 aromatic carbocycles. The summed E-state index contributed by atoms with van der Waals surface area (Å²) in [5.41, 5.74) is 0.378. The lowest BCUT2D eigenvalue weighted by molar-refractivity contribution is -0.140. The minimum absolute atomic E-state index is 0.0836. The lowest BCUT2D eigenvalue weighted by Gasteiger charge is -2.13. The van der Waals surface area contributed by atoms with Gasteiger partial charge in [0.05, 0.1) is 13.2 Å². The molecule has 0 saturated heterocycles. The van der Waals surface area contributed by atoms with E-state index in [-0.39, 0.29) is 6.61 Å². The van der Waals surface area contributed by atoms with Gasteiger partial charge in [0, 0.05) is 12.7 Å². The number of carbonyl (C=O) groups excluding carboxylic acids is 1. The first-order valence-electron chi connectivity index (χ1n) is 7.34. The minimum atomic E-state index is -1.13. The van der Waals surface area contributed by atoms with Gasteiger partial charge in [-0.1, -0.05) is 19.8 Å². The van der Waals surface area contributed by atoms with Crippen LogP contribution in [0, 0.1) is 0 Å². The largest absolute Gasteiger partial charge is 0.494 e. The Labute approximate surface area is 130 Å². The van der Waals surface area contributed by atoms with Gasteiger partial charge in [0.15, 0.2) is 6.04 Å². The molecule has 0 radical (unpaired) electrons. The lowest BCUT2D eigenvalue weighted by Crippen LogP contribution is -2.43. The summed E-state index contributed by atoms with van der Waals surface area (Å²) >= 11 is 0. The Balaban J connectivity index is 2.54. The fourth-order valence-corrected chi connectivity index (χ4v) is 1.83. The Morgan fingerprint density at radius 3 is 2.45 bits per heavy atom. The quantitative estimate of drug-likeness (QED) is 0.646. The van der Waals surface area contributed by atoms with E-state index in [4.69, 9.17) is 14.6 Å². The van der Waals surface area contributed by atoms with Crippen LogP contribution in [0.1, 0.15) is 36.5 Å². The summed E-state index contributed by atoms with van der Waals surface area (Å²) < 4.78 is 10.3. The Morgan fingerprint density at radius 1 is 1.23 bits per heavy atom. The maximum atomic E-state index is 12.0. The molecule has 1 amide bonds. The summed E-state index contributed by atoms with van der Waals surface area (Å²) in [6, 6.07) is 5.55. The van der Waals surface area contributed by atoms with Crippen molar-refractivity contribution in [2.45, 2.75) is 32.2 Å². The smallest absolute Gasteiger partial charge is 0.328 e. The molecule has 1 rings (SSSR count). The molecule has 1 atom stereocenters. The standard InChI is InChI=1S/C16H23NO5/c1-3-4-5-10-22-13-8-6-12(7-9-13)15(18)17-14(11-21-2)16(19)20/h6-9,14H,3-5,10-11H2,1-2H3,(H,17,18)(H,19,20). The molecule has 0 bridgehead atoms. The summed E-state index contributed by atoms with van der Waals surface area (Å²) in [4.78, 5) is 22.9. The van der Waals surface area contributed by atoms with Gasteiger partial charge >= 0.3 is 5.97 Å². The molecule has 22 heavy (non-hydrogen) atoms. The number of rotatable bonds is 10. The zero-order valence-corrected chi connectivity index (χ0v) is 13.0. The molecule has 0 aliphatic heterocycles. The highest BCUT2D eigenvalue weighted by molar-refractivity contribution is 5.96. The number of nitrogens with one attached hydrogen (secondary N) is 1. The maximum absolute atomic E-state index is 12.0. The Kier molecular flexibility index (Phi) is 7.99. The highest BCUT2D eigenvalue weighted by Crippen LogP contribution is 2.13. The fraction of sp³-hybridized carbons (Fsp3) is 0.500. The van der Waals surface area contributed by atoms with Crippen LogP contribution >= 0.6 is 0 Å². The van der Waals surface area contributed by atoms with Crippen molar-refractivity contribution >= 4 is 11.9 Å². The predicted octanol–water partition coefficient (Wildman–Crippen LogP) is 2.08. The topological polar surface area (TPSA) is 84.9 Å². The number of carbonyl (C=O) groups is 2. The normalized spacial score (nSPS) is 11.7. The predicted molar refractivity (Wildman–Crippen MR) is 82.2 cm³/mol. The molecule has 6 nitrogen and oxygen atoms in total. The second-order valence-corrected chi connectivity index (χ2v) is 4.90. The molecule has 0 aromatic heterocycles. The molecule has 0 aliphatic carbocycles. The zero-order valence-electron chi connectivity index (χ0n) is 13.0. The fourth-order valence-electron chi connectivity index (χ4n) is 1.83. The van der Waals surface area contributed by atoms with Crippen LogP contribution < -0.4 is 10.1 Å². The molecule has 0 heterocycles. The van der Waals surface area contributed by atoms with Crippen LogP contribution in [0.15, 0.2) is 24.3 Å². The Bertz CT molecular complexity index is 472. The second kappa shape index (κ2) is 9.78. The third-order valence-corrected chi connectivity index (χ3v) is 3.07. The van der Waals surface area contributed by atoms with E-state index in [1.807, 2.05) is 0 Å². The van der Waals surface area contributed by atoms with E-state index < -0.39 is 17.9 Å². The van der Waals surface area contributed by atoms with Gasteiger partial charge in [0.1, 0.15) is 5.75 Å². The van der Waals surface area contributed by atoms with Gasteiger partial charge in [-0.15, -0.1) is 0 Å². The van der Waals surface area contributed by atoms with Gasteiger partial charge in [-0.2, -0.15) is 0 Å². The van der Waals surface area contributed by atoms with Crippen LogP contribution in [-0.4, -0.2) is 43.3 Å². The number of benzene rings is 1. The number of amides is 1. The van der Waals surface area contributed by atoms with Gasteiger partial charge < -0.3 is 19.9 Å². The Morgan fingerprint density at radius 2 is 1.91 bits per heavy atom. The number of aliphatic carboxylic acids is 1. The van der Waals surface area contributed by atoms with Crippen molar-refractivity contribution in [2.75, 3.05) is 20.3 Å². The third-order valence-electron chi connectivity index (χ3n) is 3.07. The number of ether oxygens (including phenoxy) is 2. The van der Waals surface area contributed by atoms with E-state index in [2.05, 4.69) is 12.2 Å². The van der Waals surface area contributed by atoms with Crippen molar-refractivity contribution in [3.8, 4) is 5.75 Å². The number of hydrogen-bond acceptors (Lipinski definition) is 4. The van der Waals surface area contributed by atoms with E-state index >= 15 is 0 Å². The van der Waals surface area contributed by atoms with Gasteiger partial charge in [-0.25, -0.2) is 4.79 Å². The molecule has 122 valence electrons. The molecule has 0 fully saturated rings. The van der Waals surface area contributed by atoms with Crippen LogP contribution in [0.3, 0.4) is 0 Å². The van der Waals surface area contributed by atoms with Gasteiger partial charge in [-0.05, 0) is 30.7 Å². The first-order valence-corrected chi connectivity index (χ1v) is 7.34. The van der Waals surface area contributed by atoms with E-state index in [9.17, 15) is 9.59 Å².